The van der Waals surface area contributed by atoms with Crippen molar-refractivity contribution in [3.8, 4) is 0 Å². The minimum atomic E-state index is -0.533. The minimum absolute atomic E-state index is 0.206. The van der Waals surface area contributed by atoms with Gasteiger partial charge < -0.3 is 9.64 Å². The molecule has 0 spiro atoms. The SMILES string of the molecule is O=C(Nc1nncs1)[C@@H]1CN(c2ccccn2)CCO1. The van der Waals surface area contributed by atoms with Crippen LogP contribution in [-0.4, -0.2) is 46.9 Å². The largest absolute Gasteiger partial charge is 0.365 e. The fraction of sp³-hybridized carbons (Fsp3) is 0.333. The first-order valence-corrected chi connectivity index (χ1v) is 7.05. The van der Waals surface area contributed by atoms with Crippen LogP contribution >= 0.6 is 11.3 Å². The van der Waals surface area contributed by atoms with E-state index in [1.165, 1.54) is 11.3 Å². The van der Waals surface area contributed by atoms with E-state index in [0.29, 0.717) is 18.3 Å². The second-order valence-corrected chi connectivity index (χ2v) is 5.06. The summed E-state index contributed by atoms with van der Waals surface area (Å²) in [6.07, 6.45) is 1.20. The van der Waals surface area contributed by atoms with Gasteiger partial charge in [0.15, 0.2) is 6.10 Å². The van der Waals surface area contributed by atoms with Crippen LogP contribution in [0.15, 0.2) is 29.9 Å². The van der Waals surface area contributed by atoms with Gasteiger partial charge in [-0.05, 0) is 12.1 Å². The number of nitrogens with one attached hydrogen (secondary N) is 1. The molecule has 0 unspecified atom stereocenters. The second kappa shape index (κ2) is 5.93. The molecule has 0 saturated carbocycles. The standard InChI is InChI=1S/C12H13N5O2S/c18-11(15-12-16-14-8-20-12)9-7-17(5-6-19-9)10-3-1-2-4-13-10/h1-4,8-9H,5-7H2,(H,15,16,18)/t9-/m0/s1. The summed E-state index contributed by atoms with van der Waals surface area (Å²) in [5.74, 6) is 0.645. The maximum atomic E-state index is 12.1. The number of carbonyl (C=O) groups excluding carboxylic acids is 1. The highest BCUT2D eigenvalue weighted by Crippen LogP contribution is 2.16. The molecule has 2 aromatic heterocycles. The summed E-state index contributed by atoms with van der Waals surface area (Å²) in [4.78, 5) is 18.4. The van der Waals surface area contributed by atoms with Crippen LogP contribution in [0.4, 0.5) is 10.9 Å². The summed E-state index contributed by atoms with van der Waals surface area (Å²) in [6.45, 7) is 1.69. The Labute approximate surface area is 119 Å². The van der Waals surface area contributed by atoms with Crippen molar-refractivity contribution in [2.75, 3.05) is 29.9 Å². The lowest BCUT2D eigenvalue weighted by Gasteiger charge is -2.32. The summed E-state index contributed by atoms with van der Waals surface area (Å²) in [5.41, 5.74) is 1.57. The summed E-state index contributed by atoms with van der Waals surface area (Å²) in [7, 11) is 0. The first kappa shape index (κ1) is 12.9. The number of morpholine rings is 1. The van der Waals surface area contributed by atoms with Crippen LogP contribution in [0.2, 0.25) is 0 Å². The van der Waals surface area contributed by atoms with Gasteiger partial charge >= 0.3 is 0 Å². The van der Waals surface area contributed by atoms with E-state index in [-0.39, 0.29) is 5.91 Å². The van der Waals surface area contributed by atoms with Crippen LogP contribution < -0.4 is 10.2 Å². The molecule has 0 aliphatic carbocycles. The first-order chi connectivity index (χ1) is 9.83. The van der Waals surface area contributed by atoms with Crippen LogP contribution in [0.25, 0.3) is 0 Å². The van der Waals surface area contributed by atoms with Crippen molar-refractivity contribution in [2.45, 2.75) is 6.10 Å². The van der Waals surface area contributed by atoms with Crippen LogP contribution in [0.1, 0.15) is 0 Å². The van der Waals surface area contributed by atoms with Crippen molar-refractivity contribution >= 4 is 28.2 Å². The lowest BCUT2D eigenvalue weighted by atomic mass is 10.2. The molecule has 0 bridgehead atoms. The number of hydrogen-bond donors (Lipinski definition) is 1. The van der Waals surface area contributed by atoms with Gasteiger partial charge in [0.25, 0.3) is 5.91 Å². The summed E-state index contributed by atoms with van der Waals surface area (Å²) in [6, 6.07) is 5.71. The van der Waals surface area contributed by atoms with E-state index in [0.717, 1.165) is 12.4 Å². The molecule has 8 heteroatoms. The molecule has 0 aromatic carbocycles. The van der Waals surface area contributed by atoms with Crippen molar-refractivity contribution in [1.29, 1.82) is 0 Å². The highest BCUT2D eigenvalue weighted by molar-refractivity contribution is 7.13. The van der Waals surface area contributed by atoms with Gasteiger partial charge in [-0.25, -0.2) is 4.98 Å². The molecule has 0 radical (unpaired) electrons. The monoisotopic (exact) mass is 291 g/mol. The fourth-order valence-corrected chi connectivity index (χ4v) is 2.42. The van der Waals surface area contributed by atoms with Crippen LogP contribution in [0, 0.1) is 0 Å². The van der Waals surface area contributed by atoms with Gasteiger partial charge in [-0.2, -0.15) is 0 Å². The number of nitrogens with zero attached hydrogens (tertiary/aromatic N) is 4. The van der Waals surface area contributed by atoms with Gasteiger partial charge in [0.05, 0.1) is 13.2 Å². The van der Waals surface area contributed by atoms with Gasteiger partial charge in [-0.3, -0.25) is 10.1 Å². The zero-order chi connectivity index (χ0) is 13.8. The molecule has 1 N–H and O–H groups in total. The Balaban J connectivity index is 1.64. The number of ether oxygens (including phenoxy) is 1. The zero-order valence-corrected chi connectivity index (χ0v) is 11.4. The molecule has 1 aliphatic rings. The molecular formula is C12H13N5O2S. The van der Waals surface area contributed by atoms with Gasteiger partial charge in [-0.15, -0.1) is 10.2 Å². The van der Waals surface area contributed by atoms with Crippen LogP contribution in [0.5, 0.6) is 0 Å². The topological polar surface area (TPSA) is 80.2 Å². The summed E-state index contributed by atoms with van der Waals surface area (Å²) < 4.78 is 5.52. The molecule has 3 heterocycles. The third-order valence-electron chi connectivity index (χ3n) is 2.92. The lowest BCUT2D eigenvalue weighted by molar-refractivity contribution is -0.128. The molecule has 1 atom stereocenters. The zero-order valence-electron chi connectivity index (χ0n) is 10.6. The number of hydrogen-bond acceptors (Lipinski definition) is 7. The molecule has 20 heavy (non-hydrogen) atoms. The maximum Gasteiger partial charge on any atom is 0.257 e. The third kappa shape index (κ3) is 2.91. The predicted molar refractivity (Wildman–Crippen MR) is 74.7 cm³/mol. The van der Waals surface area contributed by atoms with Gasteiger partial charge in [0, 0.05) is 12.7 Å². The second-order valence-electron chi connectivity index (χ2n) is 4.23. The predicted octanol–water partition coefficient (Wildman–Crippen LogP) is 0.777. The van der Waals surface area contributed by atoms with Gasteiger partial charge in [0.1, 0.15) is 11.3 Å². The average molecular weight is 291 g/mol. The molecule has 1 fully saturated rings. The van der Waals surface area contributed by atoms with Crippen molar-refractivity contribution < 1.29 is 9.53 Å². The molecule has 1 saturated heterocycles. The van der Waals surface area contributed by atoms with Crippen molar-refractivity contribution in [3.05, 3.63) is 29.9 Å². The normalized spacial score (nSPS) is 18.8. The number of carbonyl (C=O) groups is 1. The van der Waals surface area contributed by atoms with Crippen LogP contribution in [-0.2, 0) is 9.53 Å². The van der Waals surface area contributed by atoms with Crippen molar-refractivity contribution in [3.63, 3.8) is 0 Å². The lowest BCUT2D eigenvalue weighted by Crippen LogP contribution is -2.48. The quantitative estimate of drug-likeness (QED) is 0.900. The molecule has 2 aromatic rings. The van der Waals surface area contributed by atoms with E-state index in [1.54, 1.807) is 11.7 Å². The Morgan fingerprint density at radius 3 is 3.20 bits per heavy atom. The minimum Gasteiger partial charge on any atom is -0.365 e. The summed E-state index contributed by atoms with van der Waals surface area (Å²) in [5, 5.41) is 10.6. The highest BCUT2D eigenvalue weighted by atomic mass is 32.1. The number of amides is 1. The van der Waals surface area contributed by atoms with E-state index in [9.17, 15) is 4.79 Å². The maximum absolute atomic E-state index is 12.1. The molecule has 3 rings (SSSR count). The molecular weight excluding hydrogens is 278 g/mol. The Morgan fingerprint density at radius 2 is 2.45 bits per heavy atom. The van der Waals surface area contributed by atoms with Crippen molar-refractivity contribution in [1.82, 2.24) is 15.2 Å². The fourth-order valence-electron chi connectivity index (χ4n) is 1.97. The molecule has 7 nitrogen and oxygen atoms in total. The van der Waals surface area contributed by atoms with Crippen LogP contribution in [0.3, 0.4) is 0 Å². The Hall–Kier alpha value is -2.06. The van der Waals surface area contributed by atoms with E-state index in [4.69, 9.17) is 4.74 Å². The number of aromatic nitrogens is 3. The Morgan fingerprint density at radius 1 is 1.50 bits per heavy atom. The summed E-state index contributed by atoms with van der Waals surface area (Å²) >= 11 is 1.28. The number of anilines is 2. The van der Waals surface area contributed by atoms with E-state index < -0.39 is 6.10 Å². The van der Waals surface area contributed by atoms with E-state index >= 15 is 0 Å². The Kier molecular flexibility index (Phi) is 3.84. The number of pyridine rings is 1. The highest BCUT2D eigenvalue weighted by Gasteiger charge is 2.27. The van der Waals surface area contributed by atoms with E-state index in [1.807, 2.05) is 23.1 Å². The average Bonchev–Trinajstić information content (AvgIpc) is 3.01. The molecule has 104 valence electrons. The third-order valence-corrected chi connectivity index (χ3v) is 3.53. The Bertz CT molecular complexity index is 562. The van der Waals surface area contributed by atoms with Gasteiger partial charge in [-0.1, -0.05) is 17.4 Å². The van der Waals surface area contributed by atoms with Crippen molar-refractivity contribution in [2.24, 2.45) is 0 Å². The van der Waals surface area contributed by atoms with Gasteiger partial charge in [0.2, 0.25) is 5.13 Å². The molecule has 1 aliphatic heterocycles. The van der Waals surface area contributed by atoms with E-state index in [2.05, 4.69) is 20.5 Å². The smallest absolute Gasteiger partial charge is 0.257 e. The molecule has 1 amide bonds. The first-order valence-electron chi connectivity index (χ1n) is 6.17. The number of rotatable bonds is 3.